The minimum absolute atomic E-state index is 0.286. The molecule has 1 rings (SSSR count). The van der Waals surface area contributed by atoms with Gasteiger partial charge in [0, 0.05) is 6.04 Å². The Morgan fingerprint density at radius 1 is 1.33 bits per heavy atom. The summed E-state index contributed by atoms with van der Waals surface area (Å²) in [6, 6.07) is 7.18. The Balaban J connectivity index is 2.58. The molecule has 84 valence electrons. The van der Waals surface area contributed by atoms with Gasteiger partial charge < -0.3 is 5.32 Å². The number of benzene rings is 1. The lowest BCUT2D eigenvalue weighted by Gasteiger charge is -2.16. The Labute approximate surface area is 87.3 Å². The first kappa shape index (κ1) is 12.0. The van der Waals surface area contributed by atoms with Crippen molar-refractivity contribution in [2.75, 3.05) is 6.54 Å². The van der Waals surface area contributed by atoms with Gasteiger partial charge in [0.25, 0.3) is 0 Å². The standard InChI is InChI=1S/C11H14F3N/c1-8-4-3-5-10(6-8)9(2)15-7-11(12,13)14/h3-6,9,15H,7H2,1-2H3/t9-/m0/s1. The third kappa shape index (κ3) is 4.34. The third-order valence-electron chi connectivity index (χ3n) is 2.15. The Kier molecular flexibility index (Phi) is 3.74. The molecule has 0 amide bonds. The maximum Gasteiger partial charge on any atom is 0.401 e. The first-order valence-corrected chi connectivity index (χ1v) is 4.75. The highest BCUT2D eigenvalue weighted by molar-refractivity contribution is 5.24. The molecule has 0 bridgehead atoms. The summed E-state index contributed by atoms with van der Waals surface area (Å²) >= 11 is 0. The van der Waals surface area contributed by atoms with Gasteiger partial charge in [-0.1, -0.05) is 29.8 Å². The van der Waals surface area contributed by atoms with Crippen molar-refractivity contribution in [2.24, 2.45) is 0 Å². The van der Waals surface area contributed by atoms with Crippen LogP contribution in [0.4, 0.5) is 13.2 Å². The fourth-order valence-electron chi connectivity index (χ4n) is 1.33. The molecule has 0 aliphatic rings. The molecule has 1 N–H and O–H groups in total. The van der Waals surface area contributed by atoms with E-state index in [1.807, 2.05) is 31.2 Å². The number of alkyl halides is 3. The molecule has 0 heterocycles. The van der Waals surface area contributed by atoms with Crippen molar-refractivity contribution in [3.63, 3.8) is 0 Å². The second-order valence-corrected chi connectivity index (χ2v) is 3.63. The largest absolute Gasteiger partial charge is 0.401 e. The van der Waals surface area contributed by atoms with E-state index in [2.05, 4.69) is 5.32 Å². The van der Waals surface area contributed by atoms with Gasteiger partial charge in [-0.05, 0) is 19.4 Å². The number of aryl methyl sites for hydroxylation is 1. The van der Waals surface area contributed by atoms with Crippen LogP contribution < -0.4 is 5.32 Å². The van der Waals surface area contributed by atoms with E-state index in [9.17, 15) is 13.2 Å². The Hall–Kier alpha value is -1.03. The highest BCUT2D eigenvalue weighted by Gasteiger charge is 2.27. The smallest absolute Gasteiger partial charge is 0.302 e. The molecule has 0 aliphatic heterocycles. The van der Waals surface area contributed by atoms with Gasteiger partial charge >= 0.3 is 6.18 Å². The second kappa shape index (κ2) is 4.66. The van der Waals surface area contributed by atoms with Crippen LogP contribution in [0.5, 0.6) is 0 Å². The maximum absolute atomic E-state index is 11.9. The number of nitrogens with one attached hydrogen (secondary N) is 1. The van der Waals surface area contributed by atoms with Crippen molar-refractivity contribution < 1.29 is 13.2 Å². The molecular weight excluding hydrogens is 203 g/mol. The fraction of sp³-hybridized carbons (Fsp3) is 0.455. The summed E-state index contributed by atoms with van der Waals surface area (Å²) in [5.74, 6) is 0. The predicted octanol–water partition coefficient (Wildman–Crippen LogP) is 3.21. The molecule has 0 radical (unpaired) electrons. The zero-order valence-corrected chi connectivity index (χ0v) is 8.73. The van der Waals surface area contributed by atoms with Crippen LogP contribution in [-0.2, 0) is 0 Å². The van der Waals surface area contributed by atoms with Gasteiger partial charge in [-0.25, -0.2) is 0 Å². The highest BCUT2D eigenvalue weighted by atomic mass is 19.4. The number of hydrogen-bond acceptors (Lipinski definition) is 1. The van der Waals surface area contributed by atoms with Gasteiger partial charge in [0.15, 0.2) is 0 Å². The van der Waals surface area contributed by atoms with Gasteiger partial charge in [0.05, 0.1) is 6.54 Å². The van der Waals surface area contributed by atoms with E-state index in [0.29, 0.717) is 0 Å². The normalized spacial score (nSPS) is 13.9. The van der Waals surface area contributed by atoms with Crippen LogP contribution >= 0.6 is 0 Å². The van der Waals surface area contributed by atoms with Crippen LogP contribution in [0.2, 0.25) is 0 Å². The Morgan fingerprint density at radius 2 is 2.00 bits per heavy atom. The van der Waals surface area contributed by atoms with Crippen molar-refractivity contribution in [1.82, 2.24) is 5.32 Å². The molecule has 1 aromatic rings. The van der Waals surface area contributed by atoms with Crippen LogP contribution in [0, 0.1) is 6.92 Å². The molecule has 1 nitrogen and oxygen atoms in total. The monoisotopic (exact) mass is 217 g/mol. The summed E-state index contributed by atoms with van der Waals surface area (Å²) in [6.45, 7) is 2.68. The topological polar surface area (TPSA) is 12.0 Å². The van der Waals surface area contributed by atoms with Crippen molar-refractivity contribution >= 4 is 0 Å². The molecular formula is C11H14F3N. The SMILES string of the molecule is Cc1cccc([C@H](C)NCC(F)(F)F)c1. The minimum atomic E-state index is -4.15. The first-order valence-electron chi connectivity index (χ1n) is 4.75. The molecule has 0 fully saturated rings. The van der Waals surface area contributed by atoms with Crippen molar-refractivity contribution in [3.05, 3.63) is 35.4 Å². The predicted molar refractivity (Wildman–Crippen MR) is 53.7 cm³/mol. The lowest BCUT2D eigenvalue weighted by Crippen LogP contribution is -2.30. The van der Waals surface area contributed by atoms with E-state index in [-0.39, 0.29) is 6.04 Å². The summed E-state index contributed by atoms with van der Waals surface area (Å²) < 4.78 is 35.8. The van der Waals surface area contributed by atoms with Crippen LogP contribution in [0.25, 0.3) is 0 Å². The molecule has 0 aliphatic carbocycles. The van der Waals surface area contributed by atoms with Gasteiger partial charge in [-0.2, -0.15) is 13.2 Å². The summed E-state index contributed by atoms with van der Waals surface area (Å²) in [4.78, 5) is 0. The van der Waals surface area contributed by atoms with Crippen LogP contribution in [0.3, 0.4) is 0 Å². The molecule has 0 unspecified atom stereocenters. The molecule has 15 heavy (non-hydrogen) atoms. The van der Waals surface area contributed by atoms with E-state index >= 15 is 0 Å². The molecule has 0 spiro atoms. The van der Waals surface area contributed by atoms with E-state index < -0.39 is 12.7 Å². The quantitative estimate of drug-likeness (QED) is 0.819. The first-order chi connectivity index (χ1) is 6.88. The highest BCUT2D eigenvalue weighted by Crippen LogP contribution is 2.17. The van der Waals surface area contributed by atoms with Gasteiger partial charge in [-0.15, -0.1) is 0 Å². The molecule has 4 heteroatoms. The molecule has 0 aromatic heterocycles. The second-order valence-electron chi connectivity index (χ2n) is 3.63. The van der Waals surface area contributed by atoms with Crippen molar-refractivity contribution in [2.45, 2.75) is 26.1 Å². The maximum atomic E-state index is 11.9. The van der Waals surface area contributed by atoms with Crippen LogP contribution in [0.1, 0.15) is 24.1 Å². The summed E-state index contributed by atoms with van der Waals surface area (Å²) in [7, 11) is 0. The van der Waals surface area contributed by atoms with E-state index in [0.717, 1.165) is 11.1 Å². The van der Waals surface area contributed by atoms with E-state index in [1.54, 1.807) is 6.92 Å². The van der Waals surface area contributed by atoms with Gasteiger partial charge in [-0.3, -0.25) is 0 Å². The lowest BCUT2D eigenvalue weighted by atomic mass is 10.1. The molecule has 1 atom stereocenters. The summed E-state index contributed by atoms with van der Waals surface area (Å²) in [6.07, 6.45) is -4.15. The average molecular weight is 217 g/mol. The fourth-order valence-corrected chi connectivity index (χ4v) is 1.33. The zero-order chi connectivity index (χ0) is 11.5. The molecule has 0 saturated heterocycles. The minimum Gasteiger partial charge on any atom is -0.302 e. The zero-order valence-electron chi connectivity index (χ0n) is 8.73. The average Bonchev–Trinajstić information content (AvgIpc) is 2.13. The van der Waals surface area contributed by atoms with Gasteiger partial charge in [0.2, 0.25) is 0 Å². The lowest BCUT2D eigenvalue weighted by molar-refractivity contribution is -0.126. The number of hydrogen-bond donors (Lipinski definition) is 1. The van der Waals surface area contributed by atoms with Crippen molar-refractivity contribution in [1.29, 1.82) is 0 Å². The summed E-state index contributed by atoms with van der Waals surface area (Å²) in [5, 5.41) is 2.44. The summed E-state index contributed by atoms with van der Waals surface area (Å²) in [5.41, 5.74) is 1.92. The van der Waals surface area contributed by atoms with Crippen LogP contribution in [-0.4, -0.2) is 12.7 Å². The van der Waals surface area contributed by atoms with E-state index in [4.69, 9.17) is 0 Å². The Morgan fingerprint density at radius 3 is 2.53 bits per heavy atom. The third-order valence-corrected chi connectivity index (χ3v) is 2.15. The molecule has 1 aromatic carbocycles. The van der Waals surface area contributed by atoms with E-state index in [1.165, 1.54) is 0 Å². The van der Waals surface area contributed by atoms with Crippen LogP contribution in [0.15, 0.2) is 24.3 Å². The number of halogens is 3. The van der Waals surface area contributed by atoms with Gasteiger partial charge in [0.1, 0.15) is 0 Å². The number of rotatable bonds is 3. The van der Waals surface area contributed by atoms with Crippen molar-refractivity contribution in [3.8, 4) is 0 Å². The Bertz CT molecular complexity index is 320. The molecule has 0 saturated carbocycles.